The summed E-state index contributed by atoms with van der Waals surface area (Å²) in [6.07, 6.45) is 1.42. The summed E-state index contributed by atoms with van der Waals surface area (Å²) in [6.45, 7) is 2.16. The first-order valence-corrected chi connectivity index (χ1v) is 9.22. The van der Waals surface area contributed by atoms with E-state index in [0.717, 1.165) is 4.90 Å². The van der Waals surface area contributed by atoms with Gasteiger partial charge in [0.05, 0.1) is 23.9 Å². The molecule has 1 saturated heterocycles. The molecule has 1 aliphatic rings. The third kappa shape index (κ3) is 3.77. The number of amides is 4. The van der Waals surface area contributed by atoms with Gasteiger partial charge in [-0.25, -0.2) is 9.69 Å². The van der Waals surface area contributed by atoms with Crippen LogP contribution in [0.3, 0.4) is 0 Å². The number of hydrogen-bond acceptors (Lipinski definition) is 5. The van der Waals surface area contributed by atoms with Crippen LogP contribution in [0.25, 0.3) is 6.08 Å². The molecule has 4 amide bonds. The van der Waals surface area contributed by atoms with Crippen LogP contribution in [0.5, 0.6) is 11.5 Å². The number of barbiturate groups is 1. The van der Waals surface area contributed by atoms with Gasteiger partial charge in [-0.3, -0.25) is 14.9 Å². The Balaban J connectivity index is 2.02. The highest BCUT2D eigenvalue weighted by Crippen LogP contribution is 2.32. The first-order chi connectivity index (χ1) is 13.5. The first kappa shape index (κ1) is 19.6. The Kier molecular flexibility index (Phi) is 5.79. The summed E-state index contributed by atoms with van der Waals surface area (Å²) in [7, 11) is 1.54. The van der Waals surface area contributed by atoms with Crippen molar-refractivity contribution < 1.29 is 23.9 Å². The van der Waals surface area contributed by atoms with E-state index in [0.29, 0.717) is 28.1 Å². The molecule has 0 atom stereocenters. The molecular weight excluding hydrogens is 428 g/mol. The predicted octanol–water partition coefficient (Wildman–Crippen LogP) is 3.52. The van der Waals surface area contributed by atoms with E-state index in [9.17, 15) is 14.4 Å². The van der Waals surface area contributed by atoms with Crippen LogP contribution in [0.15, 0.2) is 52.5 Å². The highest BCUT2D eigenvalue weighted by atomic mass is 79.9. The van der Waals surface area contributed by atoms with Crippen molar-refractivity contribution in [3.8, 4) is 11.5 Å². The van der Waals surface area contributed by atoms with Crippen molar-refractivity contribution in [2.45, 2.75) is 6.92 Å². The third-order valence-corrected chi connectivity index (χ3v) is 4.61. The van der Waals surface area contributed by atoms with Crippen molar-refractivity contribution in [3.05, 3.63) is 58.1 Å². The number of ether oxygens (including phenoxy) is 2. The van der Waals surface area contributed by atoms with Gasteiger partial charge in [0.25, 0.3) is 11.8 Å². The molecule has 2 aromatic rings. The van der Waals surface area contributed by atoms with Crippen molar-refractivity contribution in [1.29, 1.82) is 0 Å². The molecule has 0 saturated carbocycles. The largest absolute Gasteiger partial charge is 0.496 e. The number of halogens is 1. The van der Waals surface area contributed by atoms with Crippen LogP contribution in [0.4, 0.5) is 10.5 Å². The number of para-hydroxylation sites is 2. The van der Waals surface area contributed by atoms with E-state index in [4.69, 9.17) is 9.47 Å². The Bertz CT molecular complexity index is 986. The van der Waals surface area contributed by atoms with Crippen molar-refractivity contribution in [1.82, 2.24) is 5.32 Å². The Labute approximate surface area is 170 Å². The summed E-state index contributed by atoms with van der Waals surface area (Å²) in [5.41, 5.74) is 0.697. The van der Waals surface area contributed by atoms with Gasteiger partial charge in [0, 0.05) is 0 Å². The molecule has 0 bridgehead atoms. The van der Waals surface area contributed by atoms with Crippen LogP contribution in [-0.4, -0.2) is 31.6 Å². The zero-order valence-corrected chi connectivity index (χ0v) is 16.8. The molecule has 7 nitrogen and oxygen atoms in total. The van der Waals surface area contributed by atoms with E-state index in [-0.39, 0.29) is 11.3 Å². The van der Waals surface area contributed by atoms with E-state index < -0.39 is 17.8 Å². The predicted molar refractivity (Wildman–Crippen MR) is 107 cm³/mol. The number of hydrogen-bond donors (Lipinski definition) is 1. The van der Waals surface area contributed by atoms with Gasteiger partial charge in [-0.15, -0.1) is 0 Å². The van der Waals surface area contributed by atoms with Gasteiger partial charge >= 0.3 is 6.03 Å². The summed E-state index contributed by atoms with van der Waals surface area (Å²) < 4.78 is 11.4. The fourth-order valence-electron chi connectivity index (χ4n) is 2.73. The molecule has 0 spiro atoms. The normalized spacial score (nSPS) is 15.6. The number of urea groups is 1. The van der Waals surface area contributed by atoms with Gasteiger partial charge in [0.2, 0.25) is 0 Å². The Morgan fingerprint density at radius 1 is 1.11 bits per heavy atom. The molecule has 1 N–H and O–H groups in total. The molecule has 0 aliphatic carbocycles. The molecule has 2 aromatic carbocycles. The molecule has 1 fully saturated rings. The number of benzene rings is 2. The van der Waals surface area contributed by atoms with Crippen LogP contribution >= 0.6 is 15.9 Å². The maximum absolute atomic E-state index is 13.0. The molecule has 28 heavy (non-hydrogen) atoms. The molecule has 0 aromatic heterocycles. The molecule has 0 unspecified atom stereocenters. The second-order valence-electron chi connectivity index (χ2n) is 5.75. The van der Waals surface area contributed by atoms with Gasteiger partial charge in [0.15, 0.2) is 0 Å². The van der Waals surface area contributed by atoms with Crippen molar-refractivity contribution >= 4 is 45.5 Å². The maximum atomic E-state index is 13.0. The van der Waals surface area contributed by atoms with Crippen LogP contribution < -0.4 is 19.7 Å². The van der Waals surface area contributed by atoms with Crippen molar-refractivity contribution in [2.75, 3.05) is 18.6 Å². The van der Waals surface area contributed by atoms with Crippen LogP contribution in [0.2, 0.25) is 0 Å². The molecule has 0 radical (unpaired) electrons. The lowest BCUT2D eigenvalue weighted by molar-refractivity contribution is -0.122. The summed E-state index contributed by atoms with van der Waals surface area (Å²) in [5, 5.41) is 2.20. The number of nitrogens with one attached hydrogen (secondary N) is 1. The SMILES string of the molecule is CCOc1ccccc1N1C(=O)NC(=O)/C(=C\c2ccc(OC)c(Br)c2)C1=O. The second kappa shape index (κ2) is 8.26. The minimum absolute atomic E-state index is 0.164. The van der Waals surface area contributed by atoms with Gasteiger partial charge in [-0.05, 0) is 58.8 Å². The monoisotopic (exact) mass is 444 g/mol. The lowest BCUT2D eigenvalue weighted by Crippen LogP contribution is -2.54. The topological polar surface area (TPSA) is 84.9 Å². The van der Waals surface area contributed by atoms with Gasteiger partial charge < -0.3 is 9.47 Å². The number of rotatable bonds is 5. The molecule has 3 rings (SSSR count). The first-order valence-electron chi connectivity index (χ1n) is 8.43. The number of anilines is 1. The van der Waals surface area contributed by atoms with Gasteiger partial charge in [0.1, 0.15) is 17.1 Å². The Morgan fingerprint density at radius 2 is 1.86 bits per heavy atom. The fraction of sp³-hybridized carbons (Fsp3) is 0.150. The lowest BCUT2D eigenvalue weighted by Gasteiger charge is -2.27. The quantitative estimate of drug-likeness (QED) is 0.563. The number of nitrogens with zero attached hydrogens (tertiary/aromatic N) is 1. The third-order valence-electron chi connectivity index (χ3n) is 3.99. The highest BCUT2D eigenvalue weighted by Gasteiger charge is 2.38. The second-order valence-corrected chi connectivity index (χ2v) is 6.61. The average Bonchev–Trinajstić information content (AvgIpc) is 2.66. The summed E-state index contributed by atoms with van der Waals surface area (Å²) >= 11 is 3.37. The maximum Gasteiger partial charge on any atom is 0.336 e. The lowest BCUT2D eigenvalue weighted by atomic mass is 10.1. The molecule has 1 aliphatic heterocycles. The van der Waals surface area contributed by atoms with E-state index in [1.807, 2.05) is 0 Å². The van der Waals surface area contributed by atoms with Crippen LogP contribution in [0, 0.1) is 0 Å². The standard InChI is InChI=1S/C20H17BrN2O5/c1-3-28-17-7-5-4-6-15(17)23-19(25)13(18(24)22-20(23)26)10-12-8-9-16(27-2)14(21)11-12/h4-11H,3H2,1-2H3,(H,22,24,26)/b13-10+. The summed E-state index contributed by atoms with van der Waals surface area (Å²) in [6, 6.07) is 10.9. The van der Waals surface area contributed by atoms with E-state index in [1.165, 1.54) is 13.2 Å². The summed E-state index contributed by atoms with van der Waals surface area (Å²) in [4.78, 5) is 38.6. The minimum atomic E-state index is -0.824. The fourth-order valence-corrected chi connectivity index (χ4v) is 3.29. The minimum Gasteiger partial charge on any atom is -0.496 e. The Morgan fingerprint density at radius 3 is 2.54 bits per heavy atom. The number of imide groups is 2. The number of methoxy groups -OCH3 is 1. The summed E-state index contributed by atoms with van der Waals surface area (Å²) in [5.74, 6) is -0.502. The van der Waals surface area contributed by atoms with Gasteiger partial charge in [-0.1, -0.05) is 18.2 Å². The van der Waals surface area contributed by atoms with E-state index >= 15 is 0 Å². The molecule has 8 heteroatoms. The molecule has 144 valence electrons. The average molecular weight is 445 g/mol. The highest BCUT2D eigenvalue weighted by molar-refractivity contribution is 9.10. The van der Waals surface area contributed by atoms with Crippen LogP contribution in [0.1, 0.15) is 12.5 Å². The van der Waals surface area contributed by atoms with Crippen molar-refractivity contribution in [3.63, 3.8) is 0 Å². The zero-order chi connectivity index (χ0) is 20.3. The zero-order valence-electron chi connectivity index (χ0n) is 15.2. The Hall–Kier alpha value is -3.13. The molecule has 1 heterocycles. The smallest absolute Gasteiger partial charge is 0.336 e. The van der Waals surface area contributed by atoms with Crippen LogP contribution in [-0.2, 0) is 9.59 Å². The number of carbonyl (C=O) groups is 3. The van der Waals surface area contributed by atoms with E-state index in [1.54, 1.807) is 49.4 Å². The van der Waals surface area contributed by atoms with Gasteiger partial charge in [-0.2, -0.15) is 0 Å². The number of carbonyl (C=O) groups excluding carboxylic acids is 3. The van der Waals surface area contributed by atoms with Crippen molar-refractivity contribution in [2.24, 2.45) is 0 Å². The van der Waals surface area contributed by atoms with E-state index in [2.05, 4.69) is 21.2 Å². The molecular formula is C20H17BrN2O5.